The van der Waals surface area contributed by atoms with Gasteiger partial charge < -0.3 is 5.32 Å². The number of halogens is 1. The molecule has 84 valence electrons. The van der Waals surface area contributed by atoms with Gasteiger partial charge in [0.25, 0.3) is 0 Å². The Bertz CT molecular complexity index is 155. The lowest BCUT2D eigenvalue weighted by molar-refractivity contribution is -0.121. The van der Waals surface area contributed by atoms with Crippen LogP contribution in [0.4, 0.5) is 0 Å². The summed E-state index contributed by atoms with van der Waals surface area (Å²) in [6.45, 7) is 2.98. The monoisotopic (exact) mass is 281 g/mol. The maximum Gasteiger partial charge on any atom is 0.220 e. The van der Waals surface area contributed by atoms with E-state index in [2.05, 4.69) is 34.4 Å². The van der Waals surface area contributed by atoms with Crippen LogP contribution in [-0.2, 0) is 4.79 Å². The molecule has 0 aliphatic heterocycles. The van der Waals surface area contributed by atoms with E-state index >= 15 is 0 Å². The summed E-state index contributed by atoms with van der Waals surface area (Å²) in [4.78, 5) is 11.3. The highest BCUT2D eigenvalue weighted by atomic mass is 79.9. The summed E-state index contributed by atoms with van der Waals surface area (Å²) in [6, 6.07) is 0. The molecule has 14 heavy (non-hydrogen) atoms. The molecule has 0 radical (unpaired) electrons. The van der Waals surface area contributed by atoms with E-state index in [1.165, 1.54) is 0 Å². The van der Waals surface area contributed by atoms with Crippen molar-refractivity contribution < 1.29 is 4.79 Å². The van der Waals surface area contributed by atoms with E-state index in [0.29, 0.717) is 12.3 Å². The van der Waals surface area contributed by atoms with E-state index < -0.39 is 0 Å². The predicted molar refractivity (Wildman–Crippen MR) is 68.2 cm³/mol. The summed E-state index contributed by atoms with van der Waals surface area (Å²) in [5.41, 5.74) is 0. The summed E-state index contributed by atoms with van der Waals surface area (Å²) in [5, 5.41) is 3.95. The van der Waals surface area contributed by atoms with Crippen molar-refractivity contribution >= 4 is 33.6 Å². The Balaban J connectivity index is 3.34. The molecule has 1 unspecified atom stereocenters. The maximum absolute atomic E-state index is 11.3. The van der Waals surface area contributed by atoms with Gasteiger partial charge in [-0.25, -0.2) is 0 Å². The first-order valence-corrected chi connectivity index (χ1v) is 7.53. The van der Waals surface area contributed by atoms with E-state index in [1.54, 1.807) is 0 Å². The molecule has 0 heterocycles. The number of hydrogen-bond donors (Lipinski definition) is 1. The molecule has 0 aliphatic rings. The van der Waals surface area contributed by atoms with Gasteiger partial charge in [-0.05, 0) is 30.8 Å². The van der Waals surface area contributed by atoms with Crippen LogP contribution in [0.2, 0.25) is 0 Å². The van der Waals surface area contributed by atoms with Crippen LogP contribution in [0.25, 0.3) is 0 Å². The number of unbranched alkanes of at least 4 members (excludes halogenated alkanes) is 1. The number of amides is 1. The highest BCUT2D eigenvalue weighted by molar-refractivity contribution is 9.09. The van der Waals surface area contributed by atoms with Gasteiger partial charge in [0.1, 0.15) is 0 Å². The lowest BCUT2D eigenvalue weighted by Gasteiger charge is -2.10. The largest absolute Gasteiger partial charge is 0.356 e. The van der Waals surface area contributed by atoms with Crippen molar-refractivity contribution in [3.63, 3.8) is 0 Å². The molecule has 0 saturated heterocycles. The van der Waals surface area contributed by atoms with Gasteiger partial charge in [0.15, 0.2) is 0 Å². The maximum atomic E-state index is 11.3. The van der Waals surface area contributed by atoms with Crippen LogP contribution in [0, 0.1) is 5.92 Å². The zero-order valence-corrected chi connectivity index (χ0v) is 11.4. The second kappa shape index (κ2) is 9.84. The summed E-state index contributed by atoms with van der Waals surface area (Å²) >= 11 is 5.17. The highest BCUT2D eigenvalue weighted by Crippen LogP contribution is 2.03. The lowest BCUT2D eigenvalue weighted by atomic mass is 10.2. The minimum absolute atomic E-state index is 0.193. The fraction of sp³-hybridized carbons (Fsp3) is 0.900. The normalized spacial score (nSPS) is 12.5. The third kappa shape index (κ3) is 8.88. The molecule has 0 fully saturated rings. The molecule has 0 aliphatic carbocycles. The van der Waals surface area contributed by atoms with Gasteiger partial charge in [-0.1, -0.05) is 22.9 Å². The van der Waals surface area contributed by atoms with E-state index in [0.717, 1.165) is 30.5 Å². The number of carbonyl (C=O) groups is 1. The molecule has 0 aromatic rings. The van der Waals surface area contributed by atoms with Crippen LogP contribution in [0.5, 0.6) is 0 Å². The third-order valence-electron chi connectivity index (χ3n) is 1.89. The lowest BCUT2D eigenvalue weighted by Crippen LogP contribution is -2.28. The molecule has 1 atom stereocenters. The minimum Gasteiger partial charge on any atom is -0.356 e. The molecule has 0 aromatic carbocycles. The first kappa shape index (κ1) is 14.3. The van der Waals surface area contributed by atoms with Crippen molar-refractivity contribution in [2.24, 2.45) is 5.92 Å². The summed E-state index contributed by atoms with van der Waals surface area (Å²) < 4.78 is 0. The quantitative estimate of drug-likeness (QED) is 0.548. The van der Waals surface area contributed by atoms with Gasteiger partial charge in [0.2, 0.25) is 5.91 Å². The molecule has 1 amide bonds. The average Bonchev–Trinajstić information content (AvgIpc) is 2.16. The first-order valence-electron chi connectivity index (χ1n) is 5.02. The minimum atomic E-state index is 0.193. The summed E-state index contributed by atoms with van der Waals surface area (Å²) in [6.07, 6.45) is 4.81. The van der Waals surface area contributed by atoms with Gasteiger partial charge in [0.05, 0.1) is 0 Å². The van der Waals surface area contributed by atoms with Crippen molar-refractivity contribution in [1.82, 2.24) is 5.32 Å². The Hall–Kier alpha value is 0.300. The molecular formula is C10H20BrNOS. The molecule has 2 nitrogen and oxygen atoms in total. The number of alkyl halides is 1. The van der Waals surface area contributed by atoms with Gasteiger partial charge in [-0.3, -0.25) is 4.79 Å². The fourth-order valence-electron chi connectivity index (χ4n) is 1.10. The second-order valence-electron chi connectivity index (χ2n) is 3.51. The fourth-order valence-corrected chi connectivity index (χ4v) is 2.18. The van der Waals surface area contributed by atoms with Crippen molar-refractivity contribution in [3.8, 4) is 0 Å². The van der Waals surface area contributed by atoms with Gasteiger partial charge >= 0.3 is 0 Å². The van der Waals surface area contributed by atoms with Crippen molar-refractivity contribution in [3.05, 3.63) is 0 Å². The topological polar surface area (TPSA) is 29.1 Å². The number of hydrogen-bond acceptors (Lipinski definition) is 2. The molecule has 0 bridgehead atoms. The molecule has 4 heteroatoms. The molecule has 0 spiro atoms. The zero-order valence-electron chi connectivity index (χ0n) is 9.01. The Morgan fingerprint density at radius 3 is 2.79 bits per heavy atom. The number of carbonyl (C=O) groups excluding carboxylic acids is 1. The highest BCUT2D eigenvalue weighted by Gasteiger charge is 2.04. The number of rotatable bonds is 8. The van der Waals surface area contributed by atoms with Crippen LogP contribution in [0.3, 0.4) is 0 Å². The van der Waals surface area contributed by atoms with Crippen LogP contribution < -0.4 is 5.32 Å². The third-order valence-corrected chi connectivity index (χ3v) is 3.35. The predicted octanol–water partition coefficient (Wildman–Crippen LogP) is 2.67. The molecular weight excluding hydrogens is 262 g/mol. The van der Waals surface area contributed by atoms with Crippen LogP contribution >= 0.6 is 27.7 Å². The Morgan fingerprint density at radius 2 is 2.21 bits per heavy atom. The summed E-state index contributed by atoms with van der Waals surface area (Å²) in [5.74, 6) is 1.88. The first-order chi connectivity index (χ1) is 6.70. The van der Waals surface area contributed by atoms with E-state index in [4.69, 9.17) is 0 Å². The molecule has 1 N–H and O–H groups in total. The zero-order chi connectivity index (χ0) is 10.8. The van der Waals surface area contributed by atoms with Gasteiger partial charge in [0, 0.05) is 18.3 Å². The van der Waals surface area contributed by atoms with Gasteiger partial charge in [-0.15, -0.1) is 0 Å². The van der Waals surface area contributed by atoms with Gasteiger partial charge in [-0.2, -0.15) is 11.8 Å². The van der Waals surface area contributed by atoms with Crippen LogP contribution in [0.1, 0.15) is 26.2 Å². The van der Waals surface area contributed by atoms with Crippen molar-refractivity contribution in [2.45, 2.75) is 26.2 Å². The van der Waals surface area contributed by atoms with Crippen molar-refractivity contribution in [1.29, 1.82) is 0 Å². The van der Waals surface area contributed by atoms with Crippen LogP contribution in [0.15, 0.2) is 0 Å². The standard InChI is InChI=1S/C10H20BrNOS/c1-9(8-14-2)7-12-10(13)5-3-4-6-11/h9H,3-8H2,1-2H3,(H,12,13). The average molecular weight is 282 g/mol. The molecule has 0 rings (SSSR count). The Morgan fingerprint density at radius 1 is 1.50 bits per heavy atom. The summed E-state index contributed by atoms with van der Waals surface area (Å²) in [7, 11) is 0. The Labute approximate surface area is 99.7 Å². The van der Waals surface area contributed by atoms with Crippen molar-refractivity contribution in [2.75, 3.05) is 23.9 Å². The SMILES string of the molecule is CSCC(C)CNC(=O)CCCCBr. The van der Waals surface area contributed by atoms with E-state index in [1.807, 2.05) is 11.8 Å². The Kier molecular flexibility index (Phi) is 10.1. The molecule has 0 aromatic heterocycles. The number of thioether (sulfide) groups is 1. The number of nitrogens with one attached hydrogen (secondary N) is 1. The van der Waals surface area contributed by atoms with E-state index in [-0.39, 0.29) is 5.91 Å². The van der Waals surface area contributed by atoms with Crippen LogP contribution in [-0.4, -0.2) is 29.8 Å². The molecule has 0 saturated carbocycles. The second-order valence-corrected chi connectivity index (χ2v) is 5.21. The van der Waals surface area contributed by atoms with E-state index in [9.17, 15) is 4.79 Å². The smallest absolute Gasteiger partial charge is 0.220 e.